The quantitative estimate of drug-likeness (QED) is 0.324. The lowest BCUT2D eigenvalue weighted by molar-refractivity contribution is -0.870. The second-order valence-electron chi connectivity index (χ2n) is 4.55. The highest BCUT2D eigenvalue weighted by molar-refractivity contribution is 7.47. The predicted octanol–water partition coefficient (Wildman–Crippen LogP) is -0.475. The summed E-state index contributed by atoms with van der Waals surface area (Å²) in [5.74, 6) is 0. The average Bonchev–Trinajstić information content (AvgIpc) is 1.99. The second-order valence-corrected chi connectivity index (χ2v) is 5.96. The molecule has 0 rings (SSSR count). The zero-order valence-electron chi connectivity index (χ0n) is 10.0. The molecule has 0 aliphatic carbocycles. The molecule has 8 heteroatoms. The molecule has 0 aromatic carbocycles. The van der Waals surface area contributed by atoms with E-state index in [0.29, 0.717) is 11.0 Å². The summed E-state index contributed by atoms with van der Waals surface area (Å²) in [6.07, 6.45) is -3.00. The molecular weight excluding hydrogens is 237 g/mol. The van der Waals surface area contributed by atoms with Crippen LogP contribution in [-0.4, -0.2) is 66.3 Å². The number of rotatable bonds is 7. The number of hydrogen-bond acceptors (Lipinski definition) is 5. The van der Waals surface area contributed by atoms with Crippen molar-refractivity contribution in [3.8, 4) is 0 Å². The van der Waals surface area contributed by atoms with Gasteiger partial charge in [0.1, 0.15) is 19.3 Å². The van der Waals surface area contributed by atoms with Gasteiger partial charge < -0.3 is 19.6 Å². The van der Waals surface area contributed by atoms with Gasteiger partial charge in [-0.05, 0) is 6.92 Å². The van der Waals surface area contributed by atoms with Crippen LogP contribution < -0.4 is 0 Å². The maximum atomic E-state index is 11.2. The summed E-state index contributed by atoms with van der Waals surface area (Å²) >= 11 is 0. The first-order valence-corrected chi connectivity index (χ1v) is 6.35. The smallest absolute Gasteiger partial charge is 0.388 e. The minimum Gasteiger partial charge on any atom is -0.388 e. The minimum atomic E-state index is -4.31. The molecular formula is C8H21NO6P+. The summed E-state index contributed by atoms with van der Waals surface area (Å²) in [4.78, 5) is 9.16. The molecule has 0 heterocycles. The zero-order chi connectivity index (χ0) is 13.0. The lowest BCUT2D eigenvalue weighted by atomic mass is 10.4. The largest absolute Gasteiger partial charge is 0.474 e. The van der Waals surface area contributed by atoms with Crippen molar-refractivity contribution in [2.45, 2.75) is 19.3 Å². The molecule has 3 N–H and O–H groups in total. The molecule has 0 aliphatic rings. The molecule has 7 nitrogen and oxygen atoms in total. The Morgan fingerprint density at radius 3 is 2.19 bits per heavy atom. The lowest BCUT2D eigenvalue weighted by Gasteiger charge is -2.24. The fraction of sp³-hybridized carbons (Fsp3) is 1.00. The fourth-order valence-corrected chi connectivity index (χ4v) is 1.51. The van der Waals surface area contributed by atoms with Gasteiger partial charge in [0, 0.05) is 0 Å². The van der Waals surface area contributed by atoms with E-state index in [1.54, 1.807) is 0 Å². The van der Waals surface area contributed by atoms with Crippen LogP contribution >= 0.6 is 7.82 Å². The number of nitrogens with zero attached hydrogens (tertiary/aromatic N) is 1. The molecule has 0 spiro atoms. The number of phosphoric acid groups is 1. The number of quaternary nitrogens is 1. The van der Waals surface area contributed by atoms with E-state index >= 15 is 0 Å². The highest BCUT2D eigenvalue weighted by atomic mass is 31.2. The van der Waals surface area contributed by atoms with E-state index in [1.165, 1.54) is 6.92 Å². The van der Waals surface area contributed by atoms with Gasteiger partial charge in [0.15, 0.2) is 6.29 Å². The molecule has 16 heavy (non-hydrogen) atoms. The van der Waals surface area contributed by atoms with Crippen molar-refractivity contribution < 1.29 is 33.2 Å². The molecule has 0 aromatic heterocycles. The van der Waals surface area contributed by atoms with E-state index in [2.05, 4.69) is 9.05 Å². The van der Waals surface area contributed by atoms with Gasteiger partial charge in [-0.3, -0.25) is 9.05 Å². The van der Waals surface area contributed by atoms with Crippen molar-refractivity contribution >= 4 is 7.82 Å². The van der Waals surface area contributed by atoms with E-state index in [4.69, 9.17) is 15.1 Å². The number of likely N-dealkylation sites (N-methyl/N-ethyl adjacent to an activating group) is 1. The van der Waals surface area contributed by atoms with Gasteiger partial charge in [0.05, 0.1) is 21.1 Å². The first-order valence-electron chi connectivity index (χ1n) is 4.86. The van der Waals surface area contributed by atoms with Gasteiger partial charge in [0.25, 0.3) is 0 Å². The molecule has 98 valence electrons. The van der Waals surface area contributed by atoms with Crippen LogP contribution in [0.4, 0.5) is 0 Å². The van der Waals surface area contributed by atoms with E-state index in [9.17, 15) is 4.57 Å². The maximum Gasteiger partial charge on any atom is 0.474 e. The third kappa shape index (κ3) is 8.18. The Balaban J connectivity index is 4.02. The van der Waals surface area contributed by atoms with Crippen LogP contribution in [-0.2, 0) is 13.6 Å². The topological polar surface area (TPSA) is 96.2 Å². The van der Waals surface area contributed by atoms with E-state index in [1.807, 2.05) is 21.1 Å². The normalized spacial score (nSPS) is 20.2. The third-order valence-corrected chi connectivity index (χ3v) is 2.66. The number of hydrogen-bond donors (Lipinski definition) is 3. The van der Waals surface area contributed by atoms with Gasteiger partial charge >= 0.3 is 7.82 Å². The van der Waals surface area contributed by atoms with Crippen LogP contribution in [0.2, 0.25) is 0 Å². The Morgan fingerprint density at radius 1 is 1.31 bits per heavy atom. The Labute approximate surface area is 95.4 Å². The Morgan fingerprint density at radius 2 is 1.81 bits per heavy atom. The van der Waals surface area contributed by atoms with Crippen molar-refractivity contribution in [1.82, 2.24) is 0 Å². The Kier molecular flexibility index (Phi) is 6.06. The van der Waals surface area contributed by atoms with E-state index < -0.39 is 20.2 Å². The van der Waals surface area contributed by atoms with E-state index in [0.717, 1.165) is 0 Å². The summed E-state index contributed by atoms with van der Waals surface area (Å²) < 4.78 is 20.7. The monoisotopic (exact) mass is 258 g/mol. The second kappa shape index (κ2) is 6.07. The first kappa shape index (κ1) is 16.0. The SMILES string of the molecule is CC(O)C(O)OP(=O)(O)OCC[N+](C)(C)C. The maximum absolute atomic E-state index is 11.2. The number of phosphoric ester groups is 1. The third-order valence-electron chi connectivity index (χ3n) is 1.67. The molecule has 0 aromatic rings. The molecule has 0 aliphatic heterocycles. The van der Waals surface area contributed by atoms with Gasteiger partial charge in [-0.2, -0.15) is 0 Å². The van der Waals surface area contributed by atoms with Crippen LogP contribution in [0.15, 0.2) is 0 Å². The van der Waals surface area contributed by atoms with Crippen LogP contribution in [0, 0.1) is 0 Å². The van der Waals surface area contributed by atoms with Crippen LogP contribution in [0.25, 0.3) is 0 Å². The zero-order valence-corrected chi connectivity index (χ0v) is 10.9. The average molecular weight is 258 g/mol. The Hall–Kier alpha value is -0.0100. The lowest BCUT2D eigenvalue weighted by Crippen LogP contribution is -2.37. The fourth-order valence-electron chi connectivity index (χ4n) is 0.685. The van der Waals surface area contributed by atoms with Crippen LogP contribution in [0.5, 0.6) is 0 Å². The number of aliphatic hydroxyl groups is 2. The van der Waals surface area contributed by atoms with Crippen molar-refractivity contribution in [3.63, 3.8) is 0 Å². The predicted molar refractivity (Wildman–Crippen MR) is 57.4 cm³/mol. The van der Waals surface area contributed by atoms with Crippen molar-refractivity contribution in [2.24, 2.45) is 0 Å². The van der Waals surface area contributed by atoms with Gasteiger partial charge in [-0.1, -0.05) is 0 Å². The molecule has 0 fully saturated rings. The highest BCUT2D eigenvalue weighted by Crippen LogP contribution is 2.44. The van der Waals surface area contributed by atoms with E-state index in [-0.39, 0.29) is 6.61 Å². The standard InChI is InChI=1S/C8H20NO6P/c1-7(10)8(11)15-16(12,13)14-6-5-9(2,3)4/h7-8,10-11H,5-6H2,1-4H3/p+1. The van der Waals surface area contributed by atoms with Gasteiger partial charge in [-0.15, -0.1) is 0 Å². The highest BCUT2D eigenvalue weighted by Gasteiger charge is 2.28. The molecule has 3 unspecified atom stereocenters. The summed E-state index contributed by atoms with van der Waals surface area (Å²) in [6, 6.07) is 0. The minimum absolute atomic E-state index is 0.0177. The van der Waals surface area contributed by atoms with Crippen molar-refractivity contribution in [3.05, 3.63) is 0 Å². The van der Waals surface area contributed by atoms with Crippen molar-refractivity contribution in [2.75, 3.05) is 34.3 Å². The summed E-state index contributed by atoms with van der Waals surface area (Å²) in [5.41, 5.74) is 0. The summed E-state index contributed by atoms with van der Waals surface area (Å²) in [5, 5.41) is 17.9. The molecule has 0 amide bonds. The molecule has 0 bridgehead atoms. The number of aliphatic hydroxyl groups excluding tert-OH is 2. The van der Waals surface area contributed by atoms with Crippen molar-refractivity contribution in [1.29, 1.82) is 0 Å². The van der Waals surface area contributed by atoms with Crippen LogP contribution in [0.1, 0.15) is 6.92 Å². The summed E-state index contributed by atoms with van der Waals surface area (Å²) in [6.45, 7) is 1.76. The van der Waals surface area contributed by atoms with Crippen LogP contribution in [0.3, 0.4) is 0 Å². The molecule has 0 saturated carbocycles. The molecule has 0 saturated heterocycles. The molecule has 0 radical (unpaired) electrons. The first-order chi connectivity index (χ1) is 7.03. The van der Waals surface area contributed by atoms with Gasteiger partial charge in [0.2, 0.25) is 0 Å². The molecule has 3 atom stereocenters. The Bertz CT molecular complexity index is 251. The summed E-state index contributed by atoms with van der Waals surface area (Å²) in [7, 11) is 1.39. The van der Waals surface area contributed by atoms with Gasteiger partial charge in [-0.25, -0.2) is 4.57 Å².